The van der Waals surface area contributed by atoms with Gasteiger partial charge in [0.25, 0.3) is 0 Å². The lowest BCUT2D eigenvalue weighted by atomic mass is 10.2. The molecule has 0 atom stereocenters. The molecule has 0 saturated heterocycles. The third-order valence-corrected chi connectivity index (χ3v) is 4.24. The van der Waals surface area contributed by atoms with Crippen molar-refractivity contribution >= 4 is 45.7 Å². The van der Waals surface area contributed by atoms with Gasteiger partial charge in [-0.15, -0.1) is 10.2 Å². The van der Waals surface area contributed by atoms with Crippen molar-refractivity contribution in [3.05, 3.63) is 52.0 Å². The van der Waals surface area contributed by atoms with Gasteiger partial charge in [-0.05, 0) is 31.2 Å². The van der Waals surface area contributed by atoms with Crippen molar-refractivity contribution < 1.29 is 14.6 Å². The Kier molecular flexibility index (Phi) is 4.92. The summed E-state index contributed by atoms with van der Waals surface area (Å²) in [5, 5.41) is 18.6. The summed E-state index contributed by atoms with van der Waals surface area (Å²) in [5.41, 5.74) is 1.90. The molecular formula is C17H13Cl2N3O3. The van der Waals surface area contributed by atoms with Gasteiger partial charge in [-0.3, -0.25) is 4.79 Å². The van der Waals surface area contributed by atoms with Gasteiger partial charge in [0.05, 0.1) is 10.5 Å². The van der Waals surface area contributed by atoms with E-state index in [4.69, 9.17) is 27.9 Å². The number of aryl methyl sites for hydroxylation is 1. The standard InChI is InChI=1S/C17H13Cl2N3O3/c1-9-5-6-12-10(7-9)16(17(24)20-12)22-21-14(23)8-25-13-4-2-3-11(18)15(13)19/h2-7,20,24H,8H2,1H3. The molecule has 3 rings (SSSR count). The summed E-state index contributed by atoms with van der Waals surface area (Å²) in [4.78, 5) is 14.6. The van der Waals surface area contributed by atoms with Crippen molar-refractivity contribution in [3.8, 4) is 11.6 Å². The molecule has 1 aromatic heterocycles. The summed E-state index contributed by atoms with van der Waals surface area (Å²) in [6, 6.07) is 10.4. The highest BCUT2D eigenvalue weighted by Gasteiger charge is 2.12. The Hall–Kier alpha value is -2.57. The van der Waals surface area contributed by atoms with Gasteiger partial charge < -0.3 is 14.8 Å². The van der Waals surface area contributed by atoms with Gasteiger partial charge in [-0.25, -0.2) is 0 Å². The summed E-state index contributed by atoms with van der Waals surface area (Å²) in [5.74, 6) is -0.503. The zero-order chi connectivity index (χ0) is 18.0. The average Bonchev–Trinajstić information content (AvgIpc) is 2.89. The van der Waals surface area contributed by atoms with E-state index in [2.05, 4.69) is 15.2 Å². The number of azo groups is 1. The van der Waals surface area contributed by atoms with E-state index in [9.17, 15) is 9.90 Å². The van der Waals surface area contributed by atoms with Crippen LogP contribution in [-0.2, 0) is 4.79 Å². The quantitative estimate of drug-likeness (QED) is 0.614. The Morgan fingerprint density at radius 2 is 2.08 bits per heavy atom. The molecule has 0 aliphatic carbocycles. The number of H-pyrrole nitrogens is 1. The lowest BCUT2D eigenvalue weighted by molar-refractivity contribution is -0.120. The monoisotopic (exact) mass is 377 g/mol. The predicted octanol–water partition coefficient (Wildman–Crippen LogP) is 5.18. The molecule has 8 heteroatoms. The molecule has 3 aromatic rings. The third kappa shape index (κ3) is 3.75. The van der Waals surface area contributed by atoms with E-state index in [0.717, 1.165) is 5.56 Å². The molecule has 0 bridgehead atoms. The Morgan fingerprint density at radius 3 is 2.88 bits per heavy atom. The molecule has 0 aliphatic rings. The summed E-state index contributed by atoms with van der Waals surface area (Å²) >= 11 is 11.8. The summed E-state index contributed by atoms with van der Waals surface area (Å²) in [6.45, 7) is 1.56. The number of aromatic amines is 1. The van der Waals surface area contributed by atoms with Crippen molar-refractivity contribution in [2.24, 2.45) is 10.2 Å². The van der Waals surface area contributed by atoms with Gasteiger partial charge >= 0.3 is 5.91 Å². The van der Waals surface area contributed by atoms with Gasteiger partial charge in [0, 0.05) is 5.39 Å². The molecule has 0 aliphatic heterocycles. The Labute approximate surface area is 153 Å². The summed E-state index contributed by atoms with van der Waals surface area (Å²) < 4.78 is 5.30. The van der Waals surface area contributed by atoms with Crippen LogP contribution in [0.3, 0.4) is 0 Å². The number of nitrogens with zero attached hydrogens (tertiary/aromatic N) is 2. The highest BCUT2D eigenvalue weighted by Crippen LogP contribution is 2.36. The van der Waals surface area contributed by atoms with Crippen LogP contribution >= 0.6 is 23.2 Å². The van der Waals surface area contributed by atoms with Crippen LogP contribution in [-0.4, -0.2) is 22.6 Å². The van der Waals surface area contributed by atoms with Gasteiger partial charge in [-0.2, -0.15) is 0 Å². The molecule has 1 heterocycles. The number of hydrogen-bond acceptors (Lipinski definition) is 4. The topological polar surface area (TPSA) is 87.0 Å². The minimum Gasteiger partial charge on any atom is -0.493 e. The molecular weight excluding hydrogens is 365 g/mol. The van der Waals surface area contributed by atoms with Crippen LogP contribution in [0.4, 0.5) is 5.69 Å². The largest absolute Gasteiger partial charge is 0.493 e. The molecule has 0 radical (unpaired) electrons. The van der Waals surface area contributed by atoms with Crippen LogP contribution in [0.2, 0.25) is 10.0 Å². The van der Waals surface area contributed by atoms with Crippen LogP contribution in [0, 0.1) is 6.92 Å². The number of hydrogen-bond donors (Lipinski definition) is 2. The van der Waals surface area contributed by atoms with E-state index in [1.165, 1.54) is 0 Å². The molecule has 128 valence electrons. The minimum absolute atomic E-state index is 0.157. The number of amides is 1. The lowest BCUT2D eigenvalue weighted by Crippen LogP contribution is -2.08. The first-order valence-electron chi connectivity index (χ1n) is 7.28. The first kappa shape index (κ1) is 17.3. The zero-order valence-corrected chi connectivity index (χ0v) is 14.6. The van der Waals surface area contributed by atoms with Gasteiger partial charge in [0.15, 0.2) is 12.3 Å². The van der Waals surface area contributed by atoms with E-state index in [0.29, 0.717) is 15.9 Å². The third-order valence-electron chi connectivity index (χ3n) is 3.44. The molecule has 0 fully saturated rings. The van der Waals surface area contributed by atoms with Gasteiger partial charge in [-0.1, -0.05) is 40.9 Å². The second kappa shape index (κ2) is 7.13. The molecule has 2 N–H and O–H groups in total. The number of fused-ring (bicyclic) bond motifs is 1. The first-order valence-corrected chi connectivity index (χ1v) is 8.04. The van der Waals surface area contributed by atoms with Crippen LogP contribution in [0.15, 0.2) is 46.6 Å². The predicted molar refractivity (Wildman–Crippen MR) is 96.2 cm³/mol. The van der Waals surface area contributed by atoms with Crippen molar-refractivity contribution in [1.82, 2.24) is 4.98 Å². The number of carbonyl (C=O) groups excluding carboxylic acids is 1. The maximum absolute atomic E-state index is 11.9. The number of carbonyl (C=O) groups is 1. The maximum Gasteiger partial charge on any atom is 0.302 e. The number of aromatic nitrogens is 1. The second-order valence-electron chi connectivity index (χ2n) is 5.31. The van der Waals surface area contributed by atoms with Crippen LogP contribution in [0.1, 0.15) is 5.56 Å². The molecule has 0 spiro atoms. The molecule has 0 unspecified atom stereocenters. The normalized spacial score (nSPS) is 11.3. The average molecular weight is 378 g/mol. The van der Waals surface area contributed by atoms with Crippen molar-refractivity contribution in [3.63, 3.8) is 0 Å². The zero-order valence-electron chi connectivity index (χ0n) is 13.1. The van der Waals surface area contributed by atoms with E-state index >= 15 is 0 Å². The van der Waals surface area contributed by atoms with Crippen LogP contribution < -0.4 is 4.74 Å². The summed E-state index contributed by atoms with van der Waals surface area (Å²) in [6.07, 6.45) is 0. The number of rotatable bonds is 4. The lowest BCUT2D eigenvalue weighted by Gasteiger charge is -2.06. The number of aromatic hydroxyl groups is 1. The highest BCUT2D eigenvalue weighted by atomic mass is 35.5. The highest BCUT2D eigenvalue weighted by molar-refractivity contribution is 6.42. The fourth-order valence-electron chi connectivity index (χ4n) is 2.25. The minimum atomic E-state index is -0.627. The molecule has 2 aromatic carbocycles. The van der Waals surface area contributed by atoms with Crippen LogP contribution in [0.5, 0.6) is 11.6 Å². The maximum atomic E-state index is 11.9. The van der Waals surface area contributed by atoms with Crippen molar-refractivity contribution in [2.45, 2.75) is 6.92 Å². The van der Waals surface area contributed by atoms with E-state index in [1.807, 2.05) is 25.1 Å². The van der Waals surface area contributed by atoms with E-state index in [1.54, 1.807) is 18.2 Å². The second-order valence-corrected chi connectivity index (χ2v) is 6.09. The molecule has 6 nitrogen and oxygen atoms in total. The Bertz CT molecular complexity index is 983. The smallest absolute Gasteiger partial charge is 0.302 e. The fraction of sp³-hybridized carbons (Fsp3) is 0.118. The molecule has 0 saturated carbocycles. The van der Waals surface area contributed by atoms with Gasteiger partial charge in [0.1, 0.15) is 10.8 Å². The molecule has 1 amide bonds. The Balaban J connectivity index is 1.74. The fourth-order valence-corrected chi connectivity index (χ4v) is 2.59. The van der Waals surface area contributed by atoms with Crippen molar-refractivity contribution in [2.75, 3.05) is 6.61 Å². The van der Waals surface area contributed by atoms with Crippen LogP contribution in [0.25, 0.3) is 10.9 Å². The molecule has 25 heavy (non-hydrogen) atoms. The Morgan fingerprint density at radius 1 is 1.28 bits per heavy atom. The van der Waals surface area contributed by atoms with E-state index < -0.39 is 5.91 Å². The first-order chi connectivity index (χ1) is 12.0. The summed E-state index contributed by atoms with van der Waals surface area (Å²) in [7, 11) is 0. The SMILES string of the molecule is Cc1ccc2[nH]c(O)c(N=NC(=O)COc3cccc(Cl)c3Cl)c2c1. The number of benzene rings is 2. The number of halogens is 2. The number of nitrogens with one attached hydrogen (secondary N) is 1. The van der Waals surface area contributed by atoms with Crippen molar-refractivity contribution in [1.29, 1.82) is 0 Å². The van der Waals surface area contributed by atoms with Gasteiger partial charge in [0.2, 0.25) is 5.88 Å². The number of ether oxygens (including phenoxy) is 1. The van der Waals surface area contributed by atoms with E-state index in [-0.39, 0.29) is 28.9 Å².